The van der Waals surface area contributed by atoms with E-state index in [9.17, 15) is 18.0 Å². The van der Waals surface area contributed by atoms with E-state index in [1.807, 2.05) is 0 Å². The highest BCUT2D eigenvalue weighted by molar-refractivity contribution is 7.89. The SMILES string of the molecule is CC(C)(C)ONC(=O)[C@H]1CN(S(=O)(=O)CCN)CCN1C(=O)OC(C)(C)C. The molecule has 158 valence electrons. The van der Waals surface area contributed by atoms with E-state index >= 15 is 0 Å². The van der Waals surface area contributed by atoms with Gasteiger partial charge in [0.05, 0.1) is 11.4 Å². The first-order valence-corrected chi connectivity index (χ1v) is 10.4. The van der Waals surface area contributed by atoms with Crippen LogP contribution in [-0.2, 0) is 24.4 Å². The van der Waals surface area contributed by atoms with Crippen LogP contribution in [0.4, 0.5) is 4.79 Å². The van der Waals surface area contributed by atoms with E-state index in [-0.39, 0.29) is 31.9 Å². The van der Waals surface area contributed by atoms with Gasteiger partial charge in [-0.15, -0.1) is 0 Å². The Kier molecular flexibility index (Phi) is 7.62. The van der Waals surface area contributed by atoms with Crippen molar-refractivity contribution in [2.24, 2.45) is 5.73 Å². The fraction of sp³-hybridized carbons (Fsp3) is 0.875. The maximum absolute atomic E-state index is 12.6. The molecule has 0 unspecified atom stereocenters. The highest BCUT2D eigenvalue weighted by atomic mass is 32.2. The summed E-state index contributed by atoms with van der Waals surface area (Å²) in [5.74, 6) is -0.852. The third-order valence-corrected chi connectivity index (χ3v) is 5.37. The number of carbonyl (C=O) groups is 2. The summed E-state index contributed by atoms with van der Waals surface area (Å²) in [6, 6.07) is -1.08. The minimum absolute atomic E-state index is 0.0202. The molecule has 1 saturated heterocycles. The van der Waals surface area contributed by atoms with Gasteiger partial charge in [-0.05, 0) is 41.5 Å². The van der Waals surface area contributed by atoms with E-state index in [1.54, 1.807) is 41.5 Å². The normalized spacial score (nSPS) is 19.7. The van der Waals surface area contributed by atoms with Crippen molar-refractivity contribution in [2.75, 3.05) is 31.9 Å². The Morgan fingerprint density at radius 2 is 1.70 bits per heavy atom. The fourth-order valence-electron chi connectivity index (χ4n) is 2.32. The molecule has 1 rings (SSSR count). The number of nitrogens with zero attached hydrogens (tertiary/aromatic N) is 2. The van der Waals surface area contributed by atoms with Gasteiger partial charge < -0.3 is 10.5 Å². The van der Waals surface area contributed by atoms with Crippen LogP contribution in [0.2, 0.25) is 0 Å². The van der Waals surface area contributed by atoms with Crippen molar-refractivity contribution in [1.82, 2.24) is 14.7 Å². The van der Waals surface area contributed by atoms with Crippen LogP contribution in [-0.4, -0.2) is 78.8 Å². The molecule has 1 aliphatic heterocycles. The number of hydrogen-bond acceptors (Lipinski definition) is 7. The Bertz CT molecular complexity index is 638. The zero-order valence-corrected chi connectivity index (χ0v) is 17.8. The first-order valence-electron chi connectivity index (χ1n) is 8.81. The average molecular weight is 409 g/mol. The van der Waals surface area contributed by atoms with Crippen LogP contribution in [0.25, 0.3) is 0 Å². The number of nitrogens with one attached hydrogen (secondary N) is 1. The van der Waals surface area contributed by atoms with Crippen molar-refractivity contribution in [3.05, 3.63) is 0 Å². The molecular formula is C16H32N4O6S. The Morgan fingerprint density at radius 1 is 1.11 bits per heavy atom. The number of hydrogen-bond donors (Lipinski definition) is 2. The number of rotatable bonds is 5. The summed E-state index contributed by atoms with van der Waals surface area (Å²) < 4.78 is 31.2. The summed E-state index contributed by atoms with van der Waals surface area (Å²) in [7, 11) is -3.62. The lowest BCUT2D eigenvalue weighted by Crippen LogP contribution is -2.62. The highest BCUT2D eigenvalue weighted by Crippen LogP contribution is 2.18. The standard InChI is InChI=1S/C16H32N4O6S/c1-15(2,3)25-14(22)20-9-8-19(27(23,24)10-7-17)11-12(20)13(21)18-26-16(4,5)6/h12H,7-11,17H2,1-6H3,(H,18,21)/t12-/m1/s1. The summed E-state index contributed by atoms with van der Waals surface area (Å²) in [5.41, 5.74) is 6.28. The Labute approximate surface area is 161 Å². The molecule has 0 aromatic heterocycles. The summed E-state index contributed by atoms with van der Waals surface area (Å²) in [5, 5.41) is 0. The third-order valence-electron chi connectivity index (χ3n) is 3.50. The number of amides is 2. The fourth-order valence-corrected chi connectivity index (χ4v) is 3.61. The van der Waals surface area contributed by atoms with Crippen LogP contribution in [0.5, 0.6) is 0 Å². The number of ether oxygens (including phenoxy) is 1. The van der Waals surface area contributed by atoms with E-state index in [4.69, 9.17) is 15.3 Å². The second kappa shape index (κ2) is 8.72. The van der Waals surface area contributed by atoms with Gasteiger partial charge in [0, 0.05) is 26.2 Å². The van der Waals surface area contributed by atoms with Crippen LogP contribution in [0.1, 0.15) is 41.5 Å². The van der Waals surface area contributed by atoms with Crippen molar-refractivity contribution < 1.29 is 27.6 Å². The van der Waals surface area contributed by atoms with Crippen molar-refractivity contribution in [3.8, 4) is 0 Å². The highest BCUT2D eigenvalue weighted by Gasteiger charge is 2.41. The molecule has 0 saturated carbocycles. The number of sulfonamides is 1. The predicted molar refractivity (Wildman–Crippen MR) is 100 cm³/mol. The Balaban J connectivity index is 3.02. The van der Waals surface area contributed by atoms with Gasteiger partial charge in [-0.2, -0.15) is 4.31 Å². The number of carbonyl (C=O) groups excluding carboxylic acids is 2. The molecule has 11 heteroatoms. The first kappa shape index (κ1) is 23.6. The van der Waals surface area contributed by atoms with Gasteiger partial charge in [-0.1, -0.05) is 0 Å². The van der Waals surface area contributed by atoms with Gasteiger partial charge in [0.1, 0.15) is 11.6 Å². The Morgan fingerprint density at radius 3 is 2.19 bits per heavy atom. The lowest BCUT2D eigenvalue weighted by Gasteiger charge is -2.40. The lowest BCUT2D eigenvalue weighted by atomic mass is 10.2. The first-order chi connectivity index (χ1) is 12.2. The molecule has 0 bridgehead atoms. The molecule has 0 spiro atoms. The van der Waals surface area contributed by atoms with Crippen molar-refractivity contribution in [2.45, 2.75) is 58.8 Å². The van der Waals surface area contributed by atoms with Crippen LogP contribution in [0.15, 0.2) is 0 Å². The van der Waals surface area contributed by atoms with E-state index < -0.39 is 39.3 Å². The largest absolute Gasteiger partial charge is 0.444 e. The number of piperazine rings is 1. The van der Waals surface area contributed by atoms with Gasteiger partial charge in [0.25, 0.3) is 5.91 Å². The molecule has 0 radical (unpaired) electrons. The summed E-state index contributed by atoms with van der Waals surface area (Å²) in [4.78, 5) is 31.6. The van der Waals surface area contributed by atoms with Gasteiger partial charge in [0.15, 0.2) is 0 Å². The zero-order valence-electron chi connectivity index (χ0n) is 16.9. The minimum Gasteiger partial charge on any atom is -0.444 e. The summed E-state index contributed by atoms with van der Waals surface area (Å²) in [6.07, 6.45) is -0.686. The molecule has 0 aromatic carbocycles. The molecule has 10 nitrogen and oxygen atoms in total. The molecule has 3 N–H and O–H groups in total. The second-order valence-corrected chi connectivity index (χ2v) is 10.4. The maximum atomic E-state index is 12.6. The van der Waals surface area contributed by atoms with Crippen LogP contribution < -0.4 is 11.2 Å². The van der Waals surface area contributed by atoms with Gasteiger partial charge in [0.2, 0.25) is 10.0 Å². The van der Waals surface area contributed by atoms with E-state index in [0.717, 1.165) is 0 Å². The van der Waals surface area contributed by atoms with Gasteiger partial charge in [-0.3, -0.25) is 14.5 Å². The molecule has 0 aliphatic carbocycles. The second-order valence-electron chi connectivity index (χ2n) is 8.33. The van der Waals surface area contributed by atoms with Crippen LogP contribution in [0.3, 0.4) is 0 Å². The van der Waals surface area contributed by atoms with Crippen LogP contribution in [0, 0.1) is 0 Å². The molecular weight excluding hydrogens is 376 g/mol. The maximum Gasteiger partial charge on any atom is 0.411 e. The molecule has 27 heavy (non-hydrogen) atoms. The summed E-state index contributed by atoms with van der Waals surface area (Å²) >= 11 is 0. The average Bonchev–Trinajstić information content (AvgIpc) is 2.49. The van der Waals surface area contributed by atoms with E-state index in [2.05, 4.69) is 5.48 Å². The third kappa shape index (κ3) is 7.60. The monoisotopic (exact) mass is 408 g/mol. The number of hydroxylamine groups is 1. The molecule has 1 heterocycles. The van der Waals surface area contributed by atoms with Crippen LogP contribution >= 0.6 is 0 Å². The smallest absolute Gasteiger partial charge is 0.411 e. The van der Waals surface area contributed by atoms with E-state index in [0.29, 0.717) is 0 Å². The van der Waals surface area contributed by atoms with E-state index in [1.165, 1.54) is 9.21 Å². The van der Waals surface area contributed by atoms with Crippen molar-refractivity contribution in [1.29, 1.82) is 0 Å². The molecule has 1 atom stereocenters. The van der Waals surface area contributed by atoms with Crippen molar-refractivity contribution in [3.63, 3.8) is 0 Å². The molecule has 1 aliphatic rings. The lowest BCUT2D eigenvalue weighted by molar-refractivity contribution is -0.152. The Hall–Kier alpha value is -1.43. The van der Waals surface area contributed by atoms with Gasteiger partial charge >= 0.3 is 6.09 Å². The molecule has 0 aromatic rings. The van der Waals surface area contributed by atoms with Crippen molar-refractivity contribution >= 4 is 22.0 Å². The quantitative estimate of drug-likeness (QED) is 0.614. The molecule has 1 fully saturated rings. The minimum atomic E-state index is -3.62. The number of nitrogens with two attached hydrogens (primary N) is 1. The molecule has 2 amide bonds. The topological polar surface area (TPSA) is 131 Å². The summed E-state index contributed by atoms with van der Waals surface area (Å²) in [6.45, 7) is 10.2. The zero-order chi connectivity index (χ0) is 21.0. The predicted octanol–water partition coefficient (Wildman–Crippen LogP) is 0.0425. The van der Waals surface area contributed by atoms with Gasteiger partial charge in [-0.25, -0.2) is 18.7 Å².